The molecule has 1 saturated heterocycles. The van der Waals surface area contributed by atoms with E-state index >= 15 is 0 Å². The van der Waals surface area contributed by atoms with Gasteiger partial charge in [-0.25, -0.2) is 9.78 Å². The highest BCUT2D eigenvalue weighted by Crippen LogP contribution is 2.38. The molecule has 0 bridgehead atoms. The Morgan fingerprint density at radius 3 is 2.32 bits per heavy atom. The van der Waals surface area contributed by atoms with E-state index in [1.165, 1.54) is 11.3 Å². The van der Waals surface area contributed by atoms with Gasteiger partial charge in [0.25, 0.3) is 0 Å². The molecule has 1 aromatic heterocycles. The van der Waals surface area contributed by atoms with Gasteiger partial charge in [-0.05, 0) is 13.0 Å². The Kier molecular flexibility index (Phi) is 6.87. The molecule has 8 nitrogen and oxygen atoms in total. The number of hydrogen-bond acceptors (Lipinski definition) is 6. The summed E-state index contributed by atoms with van der Waals surface area (Å²) in [6.45, 7) is 1.55. The van der Waals surface area contributed by atoms with E-state index in [0.717, 1.165) is 18.0 Å². The number of aromatic nitrogens is 1. The Hall–Kier alpha value is -2.21. The topological polar surface area (TPSA) is 140 Å². The Bertz CT molecular complexity index is 623. The fraction of sp³-hybridized carbons (Fsp3) is 0.538. The molecule has 2 heterocycles. The van der Waals surface area contributed by atoms with Crippen LogP contribution in [0.5, 0.6) is 0 Å². The average molecular weight is 382 g/mol. The van der Waals surface area contributed by atoms with Crippen molar-refractivity contribution in [3.8, 4) is 0 Å². The predicted octanol–water partition coefficient (Wildman–Crippen LogP) is 0.0806. The second kappa shape index (κ2) is 8.25. The first kappa shape index (κ1) is 20.8. The van der Waals surface area contributed by atoms with Crippen LogP contribution in [0.1, 0.15) is 17.8 Å². The summed E-state index contributed by atoms with van der Waals surface area (Å²) in [4.78, 5) is 37.4. The second-order valence-electron chi connectivity index (χ2n) is 5.49. The van der Waals surface area contributed by atoms with Gasteiger partial charge < -0.3 is 16.6 Å². The molecule has 0 saturated carbocycles. The molecule has 1 atom stereocenters. The standard InChI is InChI=1S/C11H16N4O2S.C2HF3O2/c12-8(16)5-11(10-14-2-4-18-10)1-3-15(7-11)6-9(13)17;3-2(4,5)1(6)7/h2,4H,1,3,5-7H2,(H2,12,16)(H2,13,17);(H,6,7). The van der Waals surface area contributed by atoms with Gasteiger partial charge in [0.2, 0.25) is 11.8 Å². The van der Waals surface area contributed by atoms with Crippen LogP contribution in [-0.4, -0.2) is 58.6 Å². The number of amides is 2. The van der Waals surface area contributed by atoms with Gasteiger partial charge in [0.15, 0.2) is 0 Å². The van der Waals surface area contributed by atoms with Crippen LogP contribution in [0, 0.1) is 0 Å². The third kappa shape index (κ3) is 6.31. The Labute approximate surface area is 144 Å². The number of carboxylic acid groups (broad SMARTS) is 1. The zero-order chi connectivity index (χ0) is 19.3. The van der Waals surface area contributed by atoms with Crippen LogP contribution < -0.4 is 11.5 Å². The molecule has 25 heavy (non-hydrogen) atoms. The molecule has 0 spiro atoms. The van der Waals surface area contributed by atoms with E-state index in [2.05, 4.69) is 4.98 Å². The minimum absolute atomic E-state index is 0.214. The van der Waals surface area contributed by atoms with Crippen molar-refractivity contribution in [1.82, 2.24) is 9.88 Å². The molecule has 12 heteroatoms. The molecule has 0 aromatic carbocycles. The van der Waals surface area contributed by atoms with Gasteiger partial charge in [0, 0.05) is 30.0 Å². The maximum absolute atomic E-state index is 11.3. The third-order valence-electron chi connectivity index (χ3n) is 3.45. The SMILES string of the molecule is NC(=O)CN1CCC(CC(N)=O)(c2nccs2)C1.O=C(O)C(F)(F)F. The van der Waals surface area contributed by atoms with Crippen LogP contribution in [0.15, 0.2) is 11.6 Å². The van der Waals surface area contributed by atoms with Crippen LogP contribution in [0.2, 0.25) is 0 Å². The number of likely N-dealkylation sites (tertiary alicyclic amines) is 1. The van der Waals surface area contributed by atoms with Gasteiger partial charge in [0.05, 0.1) is 6.54 Å². The van der Waals surface area contributed by atoms with E-state index in [4.69, 9.17) is 21.4 Å². The van der Waals surface area contributed by atoms with Crippen molar-refractivity contribution >= 4 is 29.1 Å². The number of carboxylic acids is 1. The van der Waals surface area contributed by atoms with Crippen LogP contribution >= 0.6 is 11.3 Å². The highest BCUT2D eigenvalue weighted by atomic mass is 32.1. The van der Waals surface area contributed by atoms with Gasteiger partial charge in [0.1, 0.15) is 5.01 Å². The minimum Gasteiger partial charge on any atom is -0.475 e. The molecule has 2 rings (SSSR count). The summed E-state index contributed by atoms with van der Waals surface area (Å²) in [6, 6.07) is 0. The summed E-state index contributed by atoms with van der Waals surface area (Å²) < 4.78 is 31.7. The van der Waals surface area contributed by atoms with Crippen molar-refractivity contribution in [3.05, 3.63) is 16.6 Å². The van der Waals surface area contributed by atoms with Crippen molar-refractivity contribution in [2.75, 3.05) is 19.6 Å². The van der Waals surface area contributed by atoms with Crippen LogP contribution in [0.4, 0.5) is 13.2 Å². The fourth-order valence-corrected chi connectivity index (χ4v) is 3.39. The minimum atomic E-state index is -5.08. The molecule has 2 amide bonds. The number of primary amides is 2. The van der Waals surface area contributed by atoms with E-state index in [9.17, 15) is 22.8 Å². The number of rotatable bonds is 5. The summed E-state index contributed by atoms with van der Waals surface area (Å²) in [6.07, 6.45) is -2.33. The van der Waals surface area contributed by atoms with Crippen molar-refractivity contribution in [2.24, 2.45) is 11.5 Å². The molecule has 0 aliphatic carbocycles. The summed E-state index contributed by atoms with van der Waals surface area (Å²) in [5.74, 6) is -3.46. The van der Waals surface area contributed by atoms with Crippen LogP contribution in [0.3, 0.4) is 0 Å². The number of aliphatic carboxylic acids is 1. The smallest absolute Gasteiger partial charge is 0.475 e. The Morgan fingerprint density at radius 2 is 1.92 bits per heavy atom. The van der Waals surface area contributed by atoms with Gasteiger partial charge >= 0.3 is 12.1 Å². The number of halogens is 3. The van der Waals surface area contributed by atoms with Crippen molar-refractivity contribution < 1.29 is 32.7 Å². The van der Waals surface area contributed by atoms with E-state index in [-0.39, 0.29) is 30.2 Å². The van der Waals surface area contributed by atoms with E-state index in [0.29, 0.717) is 6.54 Å². The van der Waals surface area contributed by atoms with Crippen molar-refractivity contribution in [3.63, 3.8) is 0 Å². The third-order valence-corrected chi connectivity index (χ3v) is 4.47. The van der Waals surface area contributed by atoms with Crippen molar-refractivity contribution in [2.45, 2.75) is 24.4 Å². The molecular formula is C13H17F3N4O4S. The maximum Gasteiger partial charge on any atom is 0.490 e. The molecule has 1 fully saturated rings. The second-order valence-corrected chi connectivity index (χ2v) is 6.39. The number of alkyl halides is 3. The van der Waals surface area contributed by atoms with Crippen LogP contribution in [-0.2, 0) is 19.8 Å². The average Bonchev–Trinajstić information content (AvgIpc) is 3.07. The van der Waals surface area contributed by atoms with Crippen molar-refractivity contribution in [1.29, 1.82) is 0 Å². The lowest BCUT2D eigenvalue weighted by molar-refractivity contribution is -0.192. The predicted molar refractivity (Wildman–Crippen MR) is 81.5 cm³/mol. The summed E-state index contributed by atoms with van der Waals surface area (Å²) >= 11 is 1.52. The van der Waals surface area contributed by atoms with Gasteiger partial charge in [-0.1, -0.05) is 0 Å². The number of nitrogens with zero attached hydrogens (tertiary/aromatic N) is 2. The number of nitrogens with two attached hydrogens (primary N) is 2. The summed E-state index contributed by atoms with van der Waals surface area (Å²) in [5.41, 5.74) is 10.2. The molecule has 1 aliphatic heterocycles. The maximum atomic E-state index is 11.3. The highest BCUT2D eigenvalue weighted by molar-refractivity contribution is 7.09. The molecule has 1 aliphatic rings. The largest absolute Gasteiger partial charge is 0.490 e. The zero-order valence-corrected chi connectivity index (χ0v) is 13.8. The van der Waals surface area contributed by atoms with E-state index < -0.39 is 12.1 Å². The lowest BCUT2D eigenvalue weighted by atomic mass is 9.84. The first-order valence-electron chi connectivity index (χ1n) is 6.95. The first-order chi connectivity index (χ1) is 11.5. The normalized spacial score (nSPS) is 20.6. The molecule has 0 radical (unpaired) electrons. The highest BCUT2D eigenvalue weighted by Gasteiger charge is 2.43. The molecular weight excluding hydrogens is 365 g/mol. The van der Waals surface area contributed by atoms with E-state index in [1.54, 1.807) is 6.20 Å². The molecule has 140 valence electrons. The monoisotopic (exact) mass is 382 g/mol. The van der Waals surface area contributed by atoms with Gasteiger partial charge in [-0.3, -0.25) is 14.5 Å². The molecule has 1 aromatic rings. The number of hydrogen-bond donors (Lipinski definition) is 3. The number of thiazole rings is 1. The molecule has 5 N–H and O–H groups in total. The zero-order valence-electron chi connectivity index (χ0n) is 13.0. The van der Waals surface area contributed by atoms with Crippen LogP contribution in [0.25, 0.3) is 0 Å². The van der Waals surface area contributed by atoms with Gasteiger partial charge in [-0.2, -0.15) is 13.2 Å². The summed E-state index contributed by atoms with van der Waals surface area (Å²) in [5, 5.41) is 9.92. The lowest BCUT2D eigenvalue weighted by Gasteiger charge is -2.25. The lowest BCUT2D eigenvalue weighted by Crippen LogP contribution is -2.38. The Morgan fingerprint density at radius 1 is 1.32 bits per heavy atom. The van der Waals surface area contributed by atoms with E-state index in [1.807, 2.05) is 10.3 Å². The fourth-order valence-electron chi connectivity index (χ4n) is 2.53. The molecule has 1 unspecified atom stereocenters. The first-order valence-corrected chi connectivity index (χ1v) is 7.83. The Balaban J connectivity index is 0.000000381. The summed E-state index contributed by atoms with van der Waals surface area (Å²) in [7, 11) is 0. The quantitative estimate of drug-likeness (QED) is 0.659. The number of carbonyl (C=O) groups excluding carboxylic acids is 2. The van der Waals surface area contributed by atoms with Gasteiger partial charge in [-0.15, -0.1) is 11.3 Å². The number of carbonyl (C=O) groups is 3.